The summed E-state index contributed by atoms with van der Waals surface area (Å²) in [5, 5.41) is 0. The molecule has 21 heavy (non-hydrogen) atoms. The number of aryl methyl sites for hydroxylation is 2. The number of rotatable bonds is 7. The van der Waals surface area contributed by atoms with Crippen molar-refractivity contribution in [2.45, 2.75) is 31.2 Å². The van der Waals surface area contributed by atoms with Crippen LogP contribution in [-0.4, -0.2) is 24.9 Å². The van der Waals surface area contributed by atoms with Crippen molar-refractivity contribution in [3.05, 3.63) is 47.5 Å². The number of nitrogens with one attached hydrogen (secondary N) is 2. The van der Waals surface area contributed by atoms with E-state index in [1.54, 1.807) is 31.5 Å². The van der Waals surface area contributed by atoms with Gasteiger partial charge in [-0.15, -0.1) is 0 Å². The largest absolute Gasteiger partial charge is 0.349 e. The van der Waals surface area contributed by atoms with E-state index in [1.807, 2.05) is 6.07 Å². The van der Waals surface area contributed by atoms with Gasteiger partial charge < -0.3 is 10.7 Å². The molecule has 4 N–H and O–H groups in total. The maximum absolute atomic E-state index is 12.3. The van der Waals surface area contributed by atoms with Crippen LogP contribution in [0.25, 0.3) is 0 Å². The molecule has 114 valence electrons. The zero-order valence-corrected chi connectivity index (χ0v) is 12.8. The minimum atomic E-state index is -3.50. The van der Waals surface area contributed by atoms with Crippen molar-refractivity contribution < 1.29 is 8.42 Å². The van der Waals surface area contributed by atoms with Crippen molar-refractivity contribution in [3.8, 4) is 0 Å². The molecule has 2 rings (SSSR count). The van der Waals surface area contributed by atoms with E-state index in [4.69, 9.17) is 5.73 Å². The van der Waals surface area contributed by atoms with Gasteiger partial charge in [0.1, 0.15) is 5.82 Å². The summed E-state index contributed by atoms with van der Waals surface area (Å²) in [5.74, 6) is 0.857. The first-order valence-electron chi connectivity index (χ1n) is 6.80. The minimum Gasteiger partial charge on any atom is -0.349 e. The van der Waals surface area contributed by atoms with Crippen LogP contribution in [0.4, 0.5) is 0 Å². The summed E-state index contributed by atoms with van der Waals surface area (Å²) in [7, 11) is -3.50. The Morgan fingerprint density at radius 3 is 2.86 bits per heavy atom. The van der Waals surface area contributed by atoms with Crippen molar-refractivity contribution in [1.82, 2.24) is 14.7 Å². The molecule has 1 heterocycles. The molecule has 6 nitrogen and oxygen atoms in total. The molecule has 0 saturated heterocycles. The lowest BCUT2D eigenvalue weighted by atomic mass is 10.1. The fourth-order valence-corrected chi connectivity index (χ4v) is 3.40. The molecule has 0 unspecified atom stereocenters. The molecule has 0 fully saturated rings. The molecule has 0 saturated carbocycles. The molecule has 1 aromatic heterocycles. The second-order valence-electron chi connectivity index (χ2n) is 4.84. The lowest BCUT2D eigenvalue weighted by Gasteiger charge is -2.10. The molecule has 0 bridgehead atoms. The van der Waals surface area contributed by atoms with Gasteiger partial charge in [-0.2, -0.15) is 0 Å². The number of nitrogens with zero attached hydrogens (tertiary/aromatic N) is 1. The van der Waals surface area contributed by atoms with Crippen LogP contribution >= 0.6 is 0 Å². The number of imidazole rings is 1. The Balaban J connectivity index is 1.98. The fraction of sp³-hybridized carbons (Fsp3) is 0.357. The van der Waals surface area contributed by atoms with Crippen LogP contribution in [0.15, 0.2) is 35.5 Å². The predicted molar refractivity (Wildman–Crippen MR) is 81.2 cm³/mol. The zero-order valence-electron chi connectivity index (χ0n) is 12.0. The highest BCUT2D eigenvalue weighted by atomic mass is 32.2. The number of nitrogens with two attached hydrogens (primary N) is 1. The Labute approximate surface area is 124 Å². The highest BCUT2D eigenvalue weighted by Crippen LogP contribution is 2.16. The average Bonchev–Trinajstić information content (AvgIpc) is 2.97. The van der Waals surface area contributed by atoms with Gasteiger partial charge in [-0.05, 0) is 30.5 Å². The topological polar surface area (TPSA) is 101 Å². The number of aromatic nitrogens is 2. The molecule has 2 aromatic rings. The summed E-state index contributed by atoms with van der Waals surface area (Å²) >= 11 is 0. The average molecular weight is 308 g/mol. The van der Waals surface area contributed by atoms with Crippen LogP contribution in [0.1, 0.15) is 23.4 Å². The number of sulfonamides is 1. The Hall–Kier alpha value is -1.70. The standard InChI is InChI=1S/C14H20N4O2S/c1-11-4-5-12(10-15)9-13(11)21(19,20)18-6-2-3-14-16-7-8-17-14/h4-5,7-9,18H,2-3,6,10,15H2,1H3,(H,16,17). The number of hydrogen-bond donors (Lipinski definition) is 3. The van der Waals surface area contributed by atoms with Crippen molar-refractivity contribution in [2.75, 3.05) is 6.54 Å². The lowest BCUT2D eigenvalue weighted by Crippen LogP contribution is -2.26. The summed E-state index contributed by atoms with van der Waals surface area (Å²) in [6, 6.07) is 5.25. The molecule has 0 radical (unpaired) electrons. The van der Waals surface area contributed by atoms with Gasteiger partial charge in [-0.1, -0.05) is 12.1 Å². The van der Waals surface area contributed by atoms with Crippen molar-refractivity contribution in [1.29, 1.82) is 0 Å². The Morgan fingerprint density at radius 2 is 2.19 bits per heavy atom. The van der Waals surface area contributed by atoms with E-state index in [2.05, 4.69) is 14.7 Å². The van der Waals surface area contributed by atoms with Crippen LogP contribution < -0.4 is 10.5 Å². The molecular weight excluding hydrogens is 288 g/mol. The highest BCUT2D eigenvalue weighted by Gasteiger charge is 2.16. The maximum Gasteiger partial charge on any atom is 0.240 e. The second-order valence-corrected chi connectivity index (χ2v) is 6.58. The molecule has 0 atom stereocenters. The van der Waals surface area contributed by atoms with Gasteiger partial charge in [0.2, 0.25) is 10.0 Å². The van der Waals surface area contributed by atoms with E-state index < -0.39 is 10.0 Å². The van der Waals surface area contributed by atoms with E-state index >= 15 is 0 Å². The monoisotopic (exact) mass is 308 g/mol. The van der Waals surface area contributed by atoms with Crippen molar-refractivity contribution in [3.63, 3.8) is 0 Å². The highest BCUT2D eigenvalue weighted by molar-refractivity contribution is 7.89. The maximum atomic E-state index is 12.3. The smallest absolute Gasteiger partial charge is 0.240 e. The first kappa shape index (κ1) is 15.7. The summed E-state index contributed by atoms with van der Waals surface area (Å²) in [6.07, 6.45) is 4.82. The number of aromatic amines is 1. The first-order valence-corrected chi connectivity index (χ1v) is 8.29. The SMILES string of the molecule is Cc1ccc(CN)cc1S(=O)(=O)NCCCc1ncc[nH]1. The van der Waals surface area contributed by atoms with Crippen molar-refractivity contribution >= 4 is 10.0 Å². The van der Waals surface area contributed by atoms with Gasteiger partial charge in [0, 0.05) is 31.9 Å². The molecular formula is C14H20N4O2S. The normalized spacial score (nSPS) is 11.7. The Kier molecular flexibility index (Phi) is 5.11. The van der Waals surface area contributed by atoms with Gasteiger partial charge in [0.15, 0.2) is 0 Å². The summed E-state index contributed by atoms with van der Waals surface area (Å²) in [4.78, 5) is 7.38. The van der Waals surface area contributed by atoms with Crippen LogP contribution in [0.3, 0.4) is 0 Å². The third kappa shape index (κ3) is 4.13. The molecule has 0 spiro atoms. The van der Waals surface area contributed by atoms with Crippen LogP contribution in [0, 0.1) is 6.92 Å². The molecule has 0 aliphatic carbocycles. The van der Waals surface area contributed by atoms with Gasteiger partial charge in [0.25, 0.3) is 0 Å². The predicted octanol–water partition coefficient (Wildman–Crippen LogP) is 1.09. The molecule has 0 aliphatic heterocycles. The Morgan fingerprint density at radius 1 is 1.38 bits per heavy atom. The van der Waals surface area contributed by atoms with Gasteiger partial charge in [0.05, 0.1) is 4.90 Å². The molecule has 0 aliphatic rings. The molecule has 0 amide bonds. The second kappa shape index (κ2) is 6.84. The van der Waals surface area contributed by atoms with Crippen LogP contribution in [0.2, 0.25) is 0 Å². The van der Waals surface area contributed by atoms with Crippen LogP contribution in [-0.2, 0) is 23.0 Å². The fourth-order valence-electron chi connectivity index (χ4n) is 2.04. The first-order chi connectivity index (χ1) is 10.0. The quantitative estimate of drug-likeness (QED) is 0.666. The van der Waals surface area contributed by atoms with Crippen LogP contribution in [0.5, 0.6) is 0 Å². The third-order valence-electron chi connectivity index (χ3n) is 3.22. The number of benzene rings is 1. The molecule has 1 aromatic carbocycles. The van der Waals surface area contributed by atoms with Gasteiger partial charge in [-0.3, -0.25) is 0 Å². The van der Waals surface area contributed by atoms with Gasteiger partial charge >= 0.3 is 0 Å². The number of hydrogen-bond acceptors (Lipinski definition) is 4. The van der Waals surface area contributed by atoms with Crippen molar-refractivity contribution in [2.24, 2.45) is 5.73 Å². The summed E-state index contributed by atoms with van der Waals surface area (Å²) in [6.45, 7) is 2.47. The van der Waals surface area contributed by atoms with E-state index in [0.29, 0.717) is 36.4 Å². The van der Waals surface area contributed by atoms with E-state index in [1.165, 1.54) is 0 Å². The molecule has 7 heteroatoms. The van der Waals surface area contributed by atoms with E-state index in [9.17, 15) is 8.42 Å². The van der Waals surface area contributed by atoms with E-state index in [0.717, 1.165) is 11.4 Å². The zero-order chi connectivity index (χ0) is 15.3. The van der Waals surface area contributed by atoms with Gasteiger partial charge in [-0.25, -0.2) is 18.1 Å². The minimum absolute atomic E-state index is 0.295. The summed E-state index contributed by atoms with van der Waals surface area (Å²) < 4.78 is 27.2. The van der Waals surface area contributed by atoms with E-state index in [-0.39, 0.29) is 0 Å². The Bertz CT molecular complexity index is 681. The lowest BCUT2D eigenvalue weighted by molar-refractivity contribution is 0.577. The summed E-state index contributed by atoms with van der Waals surface area (Å²) in [5.41, 5.74) is 7.08. The third-order valence-corrected chi connectivity index (χ3v) is 4.82. The number of H-pyrrole nitrogens is 1.